The predicted molar refractivity (Wildman–Crippen MR) is 57.4 cm³/mol. The molecule has 0 spiro atoms. The van der Waals surface area contributed by atoms with Gasteiger partial charge in [-0.1, -0.05) is 6.92 Å². The number of oxazole rings is 1. The number of rotatable bonds is 2. The van der Waals surface area contributed by atoms with E-state index in [1.54, 1.807) is 6.20 Å². The van der Waals surface area contributed by atoms with Crippen molar-refractivity contribution in [3.63, 3.8) is 0 Å². The SMILES string of the molecule is CC1(c2cnc(C(=O)O)o2)CCSCC1. The highest BCUT2D eigenvalue weighted by molar-refractivity contribution is 7.99. The number of carboxylic acids is 1. The Kier molecular flexibility index (Phi) is 2.73. The molecule has 0 amide bonds. The smallest absolute Gasteiger partial charge is 0.392 e. The topological polar surface area (TPSA) is 63.3 Å². The number of carbonyl (C=O) groups is 1. The fourth-order valence-electron chi connectivity index (χ4n) is 1.72. The van der Waals surface area contributed by atoms with E-state index in [9.17, 15) is 4.79 Å². The van der Waals surface area contributed by atoms with Crippen LogP contribution in [0.1, 0.15) is 36.2 Å². The number of hydrogen-bond acceptors (Lipinski definition) is 4. The first kappa shape index (κ1) is 10.5. The highest BCUT2D eigenvalue weighted by atomic mass is 32.2. The molecule has 2 heterocycles. The van der Waals surface area contributed by atoms with Gasteiger partial charge in [0.15, 0.2) is 0 Å². The molecule has 0 unspecified atom stereocenters. The average Bonchev–Trinajstić information content (AvgIpc) is 2.68. The van der Waals surface area contributed by atoms with Crippen molar-refractivity contribution in [2.75, 3.05) is 11.5 Å². The van der Waals surface area contributed by atoms with E-state index in [1.807, 2.05) is 11.8 Å². The molecule has 1 aromatic heterocycles. The summed E-state index contributed by atoms with van der Waals surface area (Å²) in [6.07, 6.45) is 3.59. The number of aromatic nitrogens is 1. The zero-order chi connectivity index (χ0) is 10.9. The summed E-state index contributed by atoms with van der Waals surface area (Å²) in [6.45, 7) is 2.11. The molecule has 4 nitrogen and oxygen atoms in total. The Morgan fingerprint density at radius 3 is 2.80 bits per heavy atom. The molecule has 82 valence electrons. The summed E-state index contributed by atoms with van der Waals surface area (Å²) in [5.74, 6) is 1.60. The summed E-state index contributed by atoms with van der Waals surface area (Å²) in [4.78, 5) is 14.4. The third kappa shape index (κ3) is 2.02. The number of carboxylic acid groups (broad SMARTS) is 1. The molecule has 1 fully saturated rings. The van der Waals surface area contributed by atoms with Gasteiger partial charge in [-0.3, -0.25) is 0 Å². The first-order valence-electron chi connectivity index (χ1n) is 4.89. The van der Waals surface area contributed by atoms with Crippen LogP contribution in [-0.2, 0) is 5.41 Å². The Labute approximate surface area is 92.1 Å². The summed E-state index contributed by atoms with van der Waals surface area (Å²) < 4.78 is 5.27. The van der Waals surface area contributed by atoms with Crippen molar-refractivity contribution >= 4 is 17.7 Å². The van der Waals surface area contributed by atoms with Crippen LogP contribution in [0.15, 0.2) is 10.6 Å². The second-order valence-corrected chi connectivity index (χ2v) is 5.23. The molecule has 0 atom stereocenters. The van der Waals surface area contributed by atoms with E-state index in [1.165, 1.54) is 0 Å². The first-order chi connectivity index (χ1) is 7.12. The number of nitrogens with zero attached hydrogens (tertiary/aromatic N) is 1. The Morgan fingerprint density at radius 1 is 1.60 bits per heavy atom. The monoisotopic (exact) mass is 227 g/mol. The minimum Gasteiger partial charge on any atom is -0.474 e. The predicted octanol–water partition coefficient (Wildman–Crippen LogP) is 2.16. The zero-order valence-electron chi connectivity index (χ0n) is 8.52. The molecule has 0 aromatic carbocycles. The van der Waals surface area contributed by atoms with Crippen molar-refractivity contribution in [1.82, 2.24) is 4.98 Å². The molecular formula is C10H13NO3S. The van der Waals surface area contributed by atoms with E-state index < -0.39 is 5.97 Å². The second kappa shape index (κ2) is 3.89. The van der Waals surface area contributed by atoms with Gasteiger partial charge in [0.1, 0.15) is 5.76 Å². The van der Waals surface area contributed by atoms with Gasteiger partial charge in [-0.25, -0.2) is 9.78 Å². The van der Waals surface area contributed by atoms with Crippen LogP contribution in [0.25, 0.3) is 0 Å². The van der Waals surface area contributed by atoms with Crippen LogP contribution in [0.3, 0.4) is 0 Å². The molecule has 0 aliphatic carbocycles. The number of aromatic carboxylic acids is 1. The summed E-state index contributed by atoms with van der Waals surface area (Å²) in [5, 5.41) is 8.72. The lowest BCUT2D eigenvalue weighted by Crippen LogP contribution is -2.26. The largest absolute Gasteiger partial charge is 0.474 e. The minimum absolute atomic E-state index is 0.0358. The summed E-state index contributed by atoms with van der Waals surface area (Å²) in [6, 6.07) is 0. The molecule has 1 aromatic rings. The van der Waals surface area contributed by atoms with Crippen LogP contribution < -0.4 is 0 Å². The van der Waals surface area contributed by atoms with Gasteiger partial charge >= 0.3 is 11.9 Å². The Hall–Kier alpha value is -0.970. The third-order valence-electron chi connectivity index (χ3n) is 2.88. The van der Waals surface area contributed by atoms with Gasteiger partial charge in [0.05, 0.1) is 6.20 Å². The Balaban J connectivity index is 2.23. The maximum atomic E-state index is 10.6. The minimum atomic E-state index is -1.10. The molecule has 0 bridgehead atoms. The maximum absolute atomic E-state index is 10.6. The molecule has 15 heavy (non-hydrogen) atoms. The number of thioether (sulfide) groups is 1. The van der Waals surface area contributed by atoms with Crippen molar-refractivity contribution in [3.05, 3.63) is 17.8 Å². The molecule has 1 aliphatic heterocycles. The Morgan fingerprint density at radius 2 is 2.27 bits per heavy atom. The van der Waals surface area contributed by atoms with Gasteiger partial charge in [-0.15, -0.1) is 0 Å². The quantitative estimate of drug-likeness (QED) is 0.838. The van der Waals surface area contributed by atoms with Crippen LogP contribution in [0, 0.1) is 0 Å². The summed E-state index contributed by atoms with van der Waals surface area (Å²) in [5.41, 5.74) is -0.0358. The fraction of sp³-hybridized carbons (Fsp3) is 0.600. The van der Waals surface area contributed by atoms with Crippen molar-refractivity contribution in [3.8, 4) is 0 Å². The van der Waals surface area contributed by atoms with Crippen molar-refractivity contribution in [1.29, 1.82) is 0 Å². The van der Waals surface area contributed by atoms with E-state index in [-0.39, 0.29) is 11.3 Å². The van der Waals surface area contributed by atoms with E-state index in [4.69, 9.17) is 9.52 Å². The van der Waals surface area contributed by atoms with Crippen LogP contribution in [-0.4, -0.2) is 27.6 Å². The molecule has 5 heteroatoms. The number of hydrogen-bond donors (Lipinski definition) is 1. The highest BCUT2D eigenvalue weighted by Gasteiger charge is 2.33. The Bertz CT molecular complexity index is 368. The fourth-order valence-corrected chi connectivity index (χ4v) is 3.11. The molecule has 0 saturated carbocycles. The summed E-state index contributed by atoms with van der Waals surface area (Å²) >= 11 is 1.93. The van der Waals surface area contributed by atoms with E-state index in [2.05, 4.69) is 11.9 Å². The third-order valence-corrected chi connectivity index (χ3v) is 3.87. The first-order valence-corrected chi connectivity index (χ1v) is 6.05. The molecule has 2 rings (SSSR count). The van der Waals surface area contributed by atoms with Crippen LogP contribution in [0.2, 0.25) is 0 Å². The molecule has 1 saturated heterocycles. The standard InChI is InChI=1S/C10H13NO3S/c1-10(2-4-15-5-3-10)7-6-11-8(14-7)9(12)13/h6H,2-5H2,1H3,(H,12,13). The highest BCUT2D eigenvalue weighted by Crippen LogP contribution is 2.37. The lowest BCUT2D eigenvalue weighted by Gasteiger charge is -2.30. The maximum Gasteiger partial charge on any atom is 0.392 e. The lowest BCUT2D eigenvalue weighted by molar-refractivity contribution is 0.0649. The van der Waals surface area contributed by atoms with Crippen LogP contribution >= 0.6 is 11.8 Å². The van der Waals surface area contributed by atoms with Gasteiger partial charge in [-0.2, -0.15) is 11.8 Å². The van der Waals surface area contributed by atoms with Gasteiger partial charge in [0.25, 0.3) is 0 Å². The molecule has 0 radical (unpaired) electrons. The summed E-state index contributed by atoms with van der Waals surface area (Å²) in [7, 11) is 0. The van der Waals surface area contributed by atoms with Gasteiger partial charge in [-0.05, 0) is 24.3 Å². The molecule has 1 N–H and O–H groups in total. The average molecular weight is 227 g/mol. The van der Waals surface area contributed by atoms with Crippen molar-refractivity contribution < 1.29 is 14.3 Å². The van der Waals surface area contributed by atoms with E-state index in [0.29, 0.717) is 5.76 Å². The van der Waals surface area contributed by atoms with Gasteiger partial charge in [0.2, 0.25) is 0 Å². The molecule has 1 aliphatic rings. The van der Waals surface area contributed by atoms with Crippen LogP contribution in [0.5, 0.6) is 0 Å². The normalized spacial score (nSPS) is 20.1. The van der Waals surface area contributed by atoms with Crippen molar-refractivity contribution in [2.24, 2.45) is 0 Å². The zero-order valence-corrected chi connectivity index (χ0v) is 9.34. The van der Waals surface area contributed by atoms with Gasteiger partial charge in [0, 0.05) is 5.41 Å². The van der Waals surface area contributed by atoms with Crippen molar-refractivity contribution in [2.45, 2.75) is 25.2 Å². The lowest BCUT2D eigenvalue weighted by atomic mass is 9.82. The molecular weight excluding hydrogens is 214 g/mol. The van der Waals surface area contributed by atoms with Crippen LogP contribution in [0.4, 0.5) is 0 Å². The van der Waals surface area contributed by atoms with E-state index >= 15 is 0 Å². The van der Waals surface area contributed by atoms with Gasteiger partial charge < -0.3 is 9.52 Å². The second-order valence-electron chi connectivity index (χ2n) is 4.01. The van der Waals surface area contributed by atoms with E-state index in [0.717, 1.165) is 24.3 Å².